The van der Waals surface area contributed by atoms with E-state index in [4.69, 9.17) is 4.74 Å². The molecule has 1 amide bonds. The average Bonchev–Trinajstić information content (AvgIpc) is 3.12. The highest BCUT2D eigenvalue weighted by atomic mass is 32.2. The fourth-order valence-electron chi connectivity index (χ4n) is 4.09. The summed E-state index contributed by atoms with van der Waals surface area (Å²) in [5.41, 5.74) is 0. The van der Waals surface area contributed by atoms with Crippen LogP contribution < -0.4 is 10.0 Å². The molecule has 0 aliphatic carbocycles. The minimum Gasteiger partial charge on any atom is -0.366 e. The van der Waals surface area contributed by atoms with E-state index in [1.54, 1.807) is 0 Å². The summed E-state index contributed by atoms with van der Waals surface area (Å²) in [4.78, 5) is 12.6. The van der Waals surface area contributed by atoms with Gasteiger partial charge < -0.3 is 15.2 Å². The molecular formula is C24H48N2O5S. The maximum atomic E-state index is 12.6. The molecule has 0 saturated carbocycles. The van der Waals surface area contributed by atoms with E-state index in [-0.39, 0.29) is 11.7 Å². The van der Waals surface area contributed by atoms with E-state index < -0.39 is 34.3 Å². The fourth-order valence-corrected chi connectivity index (χ4v) is 5.43. The molecule has 0 radical (unpaired) electrons. The van der Waals surface area contributed by atoms with Crippen molar-refractivity contribution in [2.75, 3.05) is 12.4 Å². The molecule has 0 aromatic heterocycles. The SMILES string of the molecule is CCCCCCCCCCCCCCS(=O)(=O)NC(CC(C)C)C(=O)N[C@H]1CCOC1O. The van der Waals surface area contributed by atoms with E-state index in [0.29, 0.717) is 25.9 Å². The Morgan fingerprint density at radius 3 is 1.97 bits per heavy atom. The lowest BCUT2D eigenvalue weighted by atomic mass is 10.0. The normalized spacial score (nSPS) is 20.0. The number of sulfonamides is 1. The van der Waals surface area contributed by atoms with Crippen molar-refractivity contribution in [1.29, 1.82) is 0 Å². The first-order valence-corrected chi connectivity index (χ1v) is 14.5. The van der Waals surface area contributed by atoms with E-state index in [1.807, 2.05) is 13.8 Å². The highest BCUT2D eigenvalue weighted by Gasteiger charge is 2.31. The van der Waals surface area contributed by atoms with Crippen LogP contribution in [-0.2, 0) is 19.6 Å². The standard InChI is InChI=1S/C24H48N2O5S/c1-4-5-6-7-8-9-10-11-12-13-14-15-18-32(29,30)26-22(19-20(2)3)23(27)25-21-16-17-31-24(21)28/h20-22,24,26,28H,4-19H2,1-3H3,(H,25,27)/t21-,22?,24?/m0/s1. The number of carbonyl (C=O) groups excluding carboxylic acids is 1. The Hall–Kier alpha value is -0.700. The Morgan fingerprint density at radius 2 is 1.50 bits per heavy atom. The van der Waals surface area contributed by atoms with E-state index in [9.17, 15) is 18.3 Å². The van der Waals surface area contributed by atoms with E-state index in [2.05, 4.69) is 17.0 Å². The van der Waals surface area contributed by atoms with Crippen molar-refractivity contribution in [3.63, 3.8) is 0 Å². The second-order valence-electron chi connectivity index (χ2n) is 9.67. The van der Waals surface area contributed by atoms with Crippen LogP contribution in [0.4, 0.5) is 0 Å². The molecule has 0 aromatic carbocycles. The molecule has 32 heavy (non-hydrogen) atoms. The molecular weight excluding hydrogens is 428 g/mol. The van der Waals surface area contributed by atoms with Crippen LogP contribution in [0.3, 0.4) is 0 Å². The van der Waals surface area contributed by atoms with Crippen LogP contribution in [0.15, 0.2) is 0 Å². The van der Waals surface area contributed by atoms with E-state index >= 15 is 0 Å². The van der Waals surface area contributed by atoms with Gasteiger partial charge in [-0.25, -0.2) is 13.1 Å². The molecule has 3 atom stereocenters. The number of aliphatic hydroxyl groups excluding tert-OH is 1. The van der Waals surface area contributed by atoms with Crippen molar-refractivity contribution >= 4 is 15.9 Å². The lowest BCUT2D eigenvalue weighted by Gasteiger charge is -2.23. The zero-order chi connectivity index (χ0) is 23.8. The van der Waals surface area contributed by atoms with Crippen molar-refractivity contribution in [2.45, 2.75) is 129 Å². The van der Waals surface area contributed by atoms with Crippen LogP contribution in [0.1, 0.15) is 111 Å². The average molecular weight is 477 g/mol. The Morgan fingerprint density at radius 1 is 0.969 bits per heavy atom. The second kappa shape index (κ2) is 16.8. The lowest BCUT2D eigenvalue weighted by molar-refractivity contribution is -0.127. The largest absolute Gasteiger partial charge is 0.366 e. The van der Waals surface area contributed by atoms with Gasteiger partial charge in [0.15, 0.2) is 6.29 Å². The predicted molar refractivity (Wildman–Crippen MR) is 130 cm³/mol. The second-order valence-corrected chi connectivity index (χ2v) is 11.5. The van der Waals surface area contributed by atoms with Gasteiger partial charge in [0.25, 0.3) is 0 Å². The van der Waals surface area contributed by atoms with Crippen molar-refractivity contribution in [3.8, 4) is 0 Å². The summed E-state index contributed by atoms with van der Waals surface area (Å²) in [6.45, 7) is 6.52. The highest BCUT2D eigenvalue weighted by Crippen LogP contribution is 2.14. The minimum absolute atomic E-state index is 0.0431. The molecule has 0 aromatic rings. The van der Waals surface area contributed by atoms with Gasteiger partial charge in [-0.05, 0) is 25.2 Å². The highest BCUT2D eigenvalue weighted by molar-refractivity contribution is 7.89. The molecule has 1 aliphatic rings. The van der Waals surface area contributed by atoms with Gasteiger partial charge in [-0.2, -0.15) is 0 Å². The number of unbranched alkanes of at least 4 members (excludes halogenated alkanes) is 11. The number of carbonyl (C=O) groups is 1. The minimum atomic E-state index is -3.54. The number of hydrogen-bond donors (Lipinski definition) is 3. The first-order chi connectivity index (χ1) is 15.2. The van der Waals surface area contributed by atoms with Crippen LogP contribution in [0.25, 0.3) is 0 Å². The van der Waals surface area contributed by atoms with Gasteiger partial charge in [0.2, 0.25) is 15.9 Å². The third-order valence-electron chi connectivity index (χ3n) is 6.00. The Bertz CT molecular complexity index is 597. The van der Waals surface area contributed by atoms with Crippen molar-refractivity contribution in [2.24, 2.45) is 5.92 Å². The zero-order valence-corrected chi connectivity index (χ0v) is 21.4. The van der Waals surface area contributed by atoms with Gasteiger partial charge >= 0.3 is 0 Å². The van der Waals surface area contributed by atoms with Crippen molar-refractivity contribution < 1.29 is 23.1 Å². The summed E-state index contributed by atoms with van der Waals surface area (Å²) in [7, 11) is -3.54. The predicted octanol–water partition coefficient (Wildman–Crippen LogP) is 4.25. The van der Waals surface area contributed by atoms with Crippen molar-refractivity contribution in [3.05, 3.63) is 0 Å². The quantitative estimate of drug-likeness (QED) is 0.242. The van der Waals surface area contributed by atoms with Gasteiger partial charge in [0.05, 0.1) is 18.4 Å². The van der Waals surface area contributed by atoms with Gasteiger partial charge in [0, 0.05) is 0 Å². The molecule has 1 heterocycles. The Balaban J connectivity index is 2.24. The van der Waals surface area contributed by atoms with Gasteiger partial charge in [-0.1, -0.05) is 91.4 Å². The Labute approximate surface area is 196 Å². The Kier molecular flexibility index (Phi) is 15.4. The molecule has 7 nitrogen and oxygen atoms in total. The molecule has 1 aliphatic heterocycles. The molecule has 0 spiro atoms. The van der Waals surface area contributed by atoms with Crippen LogP contribution in [-0.4, -0.2) is 50.2 Å². The summed E-state index contributed by atoms with van der Waals surface area (Å²) >= 11 is 0. The summed E-state index contributed by atoms with van der Waals surface area (Å²) in [5.74, 6) is -0.196. The number of rotatable bonds is 19. The zero-order valence-electron chi connectivity index (χ0n) is 20.6. The van der Waals surface area contributed by atoms with Crippen LogP contribution in [0.2, 0.25) is 0 Å². The van der Waals surface area contributed by atoms with E-state index in [0.717, 1.165) is 19.3 Å². The summed E-state index contributed by atoms with van der Waals surface area (Å²) in [6.07, 6.45) is 14.1. The first-order valence-electron chi connectivity index (χ1n) is 12.8. The number of hydrogen-bond acceptors (Lipinski definition) is 5. The number of nitrogens with one attached hydrogen (secondary N) is 2. The molecule has 3 N–H and O–H groups in total. The number of aliphatic hydroxyl groups is 1. The van der Waals surface area contributed by atoms with E-state index in [1.165, 1.54) is 51.4 Å². The maximum absolute atomic E-state index is 12.6. The fraction of sp³-hybridized carbons (Fsp3) is 0.958. The van der Waals surface area contributed by atoms with Crippen LogP contribution in [0.5, 0.6) is 0 Å². The van der Waals surface area contributed by atoms with Crippen LogP contribution in [0, 0.1) is 5.92 Å². The monoisotopic (exact) mass is 476 g/mol. The summed E-state index contributed by atoms with van der Waals surface area (Å²) in [6, 6.07) is -1.32. The van der Waals surface area contributed by atoms with Gasteiger partial charge in [-0.3, -0.25) is 4.79 Å². The lowest BCUT2D eigenvalue weighted by Crippen LogP contribution is -2.52. The molecule has 1 rings (SSSR count). The maximum Gasteiger partial charge on any atom is 0.238 e. The third kappa shape index (κ3) is 13.8. The molecule has 0 bridgehead atoms. The number of amides is 1. The topological polar surface area (TPSA) is 105 Å². The smallest absolute Gasteiger partial charge is 0.238 e. The molecule has 190 valence electrons. The third-order valence-corrected chi connectivity index (χ3v) is 7.47. The first kappa shape index (κ1) is 29.3. The molecule has 2 unspecified atom stereocenters. The summed E-state index contributed by atoms with van der Waals surface area (Å²) in [5, 5.41) is 12.5. The van der Waals surface area contributed by atoms with Gasteiger partial charge in [-0.15, -0.1) is 0 Å². The van der Waals surface area contributed by atoms with Crippen molar-refractivity contribution in [1.82, 2.24) is 10.0 Å². The molecule has 8 heteroatoms. The van der Waals surface area contributed by atoms with Crippen LogP contribution >= 0.6 is 0 Å². The molecule has 1 fully saturated rings. The van der Waals surface area contributed by atoms with Gasteiger partial charge in [0.1, 0.15) is 6.04 Å². The summed E-state index contributed by atoms with van der Waals surface area (Å²) < 4.78 is 32.7. The number of ether oxygens (including phenoxy) is 1. The molecule has 1 saturated heterocycles.